The number of hydrogen-bond donors (Lipinski definition) is 2. The van der Waals surface area contributed by atoms with Crippen LogP contribution in [0.25, 0.3) is 0 Å². The number of aliphatic hydroxyl groups is 2. The van der Waals surface area contributed by atoms with Gasteiger partial charge in [0.1, 0.15) is 0 Å². The quantitative estimate of drug-likeness (QED) is 0.514. The van der Waals surface area contributed by atoms with Crippen molar-refractivity contribution in [3.8, 4) is 0 Å². The van der Waals surface area contributed by atoms with Crippen LogP contribution in [-0.4, -0.2) is 16.5 Å². The maximum Gasteiger partial charge on any atom is 0.154 e. The molecule has 0 aliphatic carbocycles. The van der Waals surface area contributed by atoms with Crippen LogP contribution in [0.4, 0.5) is 0 Å². The molecule has 1 unspecified atom stereocenters. The third-order valence-electron chi connectivity index (χ3n) is 1.87. The normalized spacial score (nSPS) is 12.8. The van der Waals surface area contributed by atoms with Crippen molar-refractivity contribution in [3.63, 3.8) is 0 Å². The summed E-state index contributed by atoms with van der Waals surface area (Å²) in [7, 11) is 0. The molecule has 0 saturated carbocycles. The fourth-order valence-electron chi connectivity index (χ4n) is 1.03. The van der Waals surface area contributed by atoms with Crippen molar-refractivity contribution in [2.45, 2.75) is 45.8 Å². The molecule has 2 nitrogen and oxygen atoms in total. The first-order chi connectivity index (χ1) is 4.72. The average molecular weight is 194 g/mol. The van der Waals surface area contributed by atoms with E-state index in [4.69, 9.17) is 10.2 Å². The summed E-state index contributed by atoms with van der Waals surface area (Å²) < 4.78 is 0. The van der Waals surface area contributed by atoms with Crippen molar-refractivity contribution in [1.82, 2.24) is 0 Å². The Kier molecular flexibility index (Phi) is 11.2. The van der Waals surface area contributed by atoms with Crippen molar-refractivity contribution in [3.05, 3.63) is 0 Å². The number of rotatable bonds is 5. The second-order valence-electron chi connectivity index (χ2n) is 2.72. The number of hydrogen-bond acceptors (Lipinski definition) is 2. The second kappa shape index (κ2) is 8.73. The van der Waals surface area contributed by atoms with Gasteiger partial charge in [0.15, 0.2) is 6.29 Å². The molecule has 0 aromatic rings. The van der Waals surface area contributed by atoms with Gasteiger partial charge in [-0.15, -0.1) is 0 Å². The smallest absolute Gasteiger partial charge is 0.154 e. The third-order valence-corrected chi connectivity index (χ3v) is 1.87. The SMILES string of the molecule is CCCCC(CC)C(O)O.[Ti]. The van der Waals surface area contributed by atoms with Crippen LogP contribution in [0.5, 0.6) is 0 Å². The van der Waals surface area contributed by atoms with Gasteiger partial charge in [-0.3, -0.25) is 0 Å². The molecule has 0 aromatic carbocycles. The molecule has 0 aliphatic rings. The molecule has 0 fully saturated rings. The standard InChI is InChI=1S/C8H18O2.Ti/c1-3-5-6-7(4-2)8(9)10;/h7-10H,3-6H2,1-2H3;. The van der Waals surface area contributed by atoms with Gasteiger partial charge >= 0.3 is 0 Å². The molecule has 0 rings (SSSR count). The van der Waals surface area contributed by atoms with Gasteiger partial charge in [0.2, 0.25) is 0 Å². The van der Waals surface area contributed by atoms with E-state index in [1.807, 2.05) is 6.92 Å². The molecule has 0 saturated heterocycles. The fraction of sp³-hybridized carbons (Fsp3) is 1.00. The Morgan fingerprint density at radius 3 is 2.00 bits per heavy atom. The molecular weight excluding hydrogens is 176 g/mol. The molecule has 0 aromatic heterocycles. The zero-order valence-electron chi connectivity index (χ0n) is 7.38. The van der Waals surface area contributed by atoms with Gasteiger partial charge in [-0.1, -0.05) is 26.7 Å². The minimum Gasteiger partial charge on any atom is -0.368 e. The van der Waals surface area contributed by atoms with Crippen LogP contribution in [0.2, 0.25) is 0 Å². The van der Waals surface area contributed by atoms with E-state index in [0.29, 0.717) is 0 Å². The summed E-state index contributed by atoms with van der Waals surface area (Å²) in [6.45, 7) is 4.09. The molecule has 66 valence electrons. The zero-order chi connectivity index (χ0) is 7.98. The van der Waals surface area contributed by atoms with Crippen molar-refractivity contribution in [2.75, 3.05) is 0 Å². The van der Waals surface area contributed by atoms with E-state index in [0.717, 1.165) is 25.7 Å². The van der Waals surface area contributed by atoms with E-state index < -0.39 is 6.29 Å². The third kappa shape index (κ3) is 7.01. The van der Waals surface area contributed by atoms with Crippen molar-refractivity contribution < 1.29 is 31.9 Å². The Balaban J connectivity index is 0. The van der Waals surface area contributed by atoms with Crippen LogP contribution in [0, 0.1) is 5.92 Å². The van der Waals surface area contributed by atoms with Crippen LogP contribution in [0.1, 0.15) is 39.5 Å². The van der Waals surface area contributed by atoms with Crippen molar-refractivity contribution in [1.29, 1.82) is 0 Å². The average Bonchev–Trinajstić information content (AvgIpc) is 1.89. The van der Waals surface area contributed by atoms with Crippen LogP contribution in [-0.2, 0) is 21.7 Å². The van der Waals surface area contributed by atoms with Crippen molar-refractivity contribution in [2.24, 2.45) is 5.92 Å². The summed E-state index contributed by atoms with van der Waals surface area (Å²) in [6.07, 6.45) is 2.90. The minimum absolute atomic E-state index is 0. The molecule has 0 aliphatic heterocycles. The molecule has 3 heteroatoms. The Hall–Kier alpha value is 0.634. The number of unbranched alkanes of at least 4 members (excludes halogenated alkanes) is 1. The first-order valence-corrected chi connectivity index (χ1v) is 4.08. The Bertz CT molecular complexity index is 76.5. The molecule has 1 atom stereocenters. The predicted octanol–water partition coefficient (Wildman–Crippen LogP) is 1.51. The summed E-state index contributed by atoms with van der Waals surface area (Å²) in [5.74, 6) is 0.0833. The summed E-state index contributed by atoms with van der Waals surface area (Å²) in [5.41, 5.74) is 0. The van der Waals surface area contributed by atoms with Crippen LogP contribution < -0.4 is 0 Å². The van der Waals surface area contributed by atoms with Gasteiger partial charge in [-0.25, -0.2) is 0 Å². The maximum atomic E-state index is 8.79. The van der Waals surface area contributed by atoms with Gasteiger partial charge in [-0.2, -0.15) is 0 Å². The van der Waals surface area contributed by atoms with Crippen LogP contribution in [0.15, 0.2) is 0 Å². The van der Waals surface area contributed by atoms with E-state index in [2.05, 4.69) is 6.92 Å². The Labute approximate surface area is 83.9 Å². The van der Waals surface area contributed by atoms with E-state index in [1.165, 1.54) is 0 Å². The van der Waals surface area contributed by atoms with Crippen LogP contribution in [0.3, 0.4) is 0 Å². The molecule has 0 amide bonds. The van der Waals surface area contributed by atoms with Gasteiger partial charge in [-0.05, 0) is 12.8 Å². The van der Waals surface area contributed by atoms with Crippen molar-refractivity contribution >= 4 is 0 Å². The molecule has 0 heterocycles. The summed E-state index contributed by atoms with van der Waals surface area (Å²) in [5, 5.41) is 17.6. The largest absolute Gasteiger partial charge is 0.368 e. The molecular formula is C8H18O2Ti. The molecule has 0 bridgehead atoms. The molecule has 0 radical (unpaired) electrons. The topological polar surface area (TPSA) is 40.5 Å². The predicted molar refractivity (Wildman–Crippen MR) is 41.5 cm³/mol. The second-order valence-corrected chi connectivity index (χ2v) is 2.72. The monoisotopic (exact) mass is 194 g/mol. The molecule has 11 heavy (non-hydrogen) atoms. The Morgan fingerprint density at radius 1 is 1.18 bits per heavy atom. The Morgan fingerprint density at radius 2 is 1.73 bits per heavy atom. The minimum atomic E-state index is -1.11. The van der Waals surface area contributed by atoms with Gasteiger partial charge in [0.05, 0.1) is 0 Å². The van der Waals surface area contributed by atoms with E-state index in [-0.39, 0.29) is 27.6 Å². The summed E-state index contributed by atoms with van der Waals surface area (Å²) in [4.78, 5) is 0. The summed E-state index contributed by atoms with van der Waals surface area (Å²) >= 11 is 0. The van der Waals surface area contributed by atoms with Crippen LogP contribution >= 0.6 is 0 Å². The zero-order valence-corrected chi connectivity index (χ0v) is 8.94. The van der Waals surface area contributed by atoms with Gasteiger partial charge in [0.25, 0.3) is 0 Å². The van der Waals surface area contributed by atoms with E-state index in [9.17, 15) is 0 Å². The van der Waals surface area contributed by atoms with Gasteiger partial charge < -0.3 is 10.2 Å². The van der Waals surface area contributed by atoms with Gasteiger partial charge in [0, 0.05) is 27.6 Å². The summed E-state index contributed by atoms with van der Waals surface area (Å²) in [6, 6.07) is 0. The van der Waals surface area contributed by atoms with E-state index >= 15 is 0 Å². The first-order valence-electron chi connectivity index (χ1n) is 4.08. The number of aliphatic hydroxyl groups excluding tert-OH is 1. The maximum absolute atomic E-state index is 8.79. The molecule has 0 spiro atoms. The first kappa shape index (κ1) is 14.2. The van der Waals surface area contributed by atoms with E-state index in [1.54, 1.807) is 0 Å². The molecule has 2 N–H and O–H groups in total. The fourth-order valence-corrected chi connectivity index (χ4v) is 1.03.